The summed E-state index contributed by atoms with van der Waals surface area (Å²) in [6.07, 6.45) is 7.35. The normalized spacial score (nSPS) is 13.8. The third-order valence-electron chi connectivity index (χ3n) is 7.60. The molecule has 5 rings (SSSR count). The van der Waals surface area contributed by atoms with E-state index >= 15 is 0 Å². The summed E-state index contributed by atoms with van der Waals surface area (Å²) >= 11 is 0. The van der Waals surface area contributed by atoms with E-state index in [1.54, 1.807) is 70.2 Å². The number of ketones is 1. The van der Waals surface area contributed by atoms with Crippen LogP contribution in [0.25, 0.3) is 12.2 Å². The number of fused-ring (bicyclic) bond motifs is 2. The zero-order chi connectivity index (χ0) is 38.4. The van der Waals surface area contributed by atoms with Gasteiger partial charge < -0.3 is 33.2 Å². The van der Waals surface area contributed by atoms with Crippen LogP contribution in [0.5, 0.6) is 40.2 Å². The highest BCUT2D eigenvalue weighted by atomic mass is 16.6. The van der Waals surface area contributed by atoms with E-state index < -0.39 is 26.8 Å². The smallest absolute Gasteiger partial charge is 0.312 e. The van der Waals surface area contributed by atoms with Gasteiger partial charge in [-0.1, -0.05) is 5.92 Å². The molecule has 0 atom stereocenters. The van der Waals surface area contributed by atoms with E-state index in [0.29, 0.717) is 34.7 Å². The number of ether oxygens (including phenoxy) is 7. The first-order valence-electron chi connectivity index (χ1n) is 15.5. The summed E-state index contributed by atoms with van der Waals surface area (Å²) in [5, 5.41) is 22.7. The summed E-state index contributed by atoms with van der Waals surface area (Å²) in [6.45, 7) is 7.03. The minimum absolute atomic E-state index is 0.0328. The minimum atomic E-state index is -0.740. The van der Waals surface area contributed by atoms with Gasteiger partial charge in [-0.25, -0.2) is 0 Å². The quantitative estimate of drug-likeness (QED) is 0.0541. The Hall–Kier alpha value is -6.56. The standard InChI is InChI=1S/C24H23NO8.C13H13NO5/c1-24(2)11-10-16-22(31-5)17(14-18(25(27)28)23(16)33-24)19(26)7-6-12-32-15-8-9-20(29-3)21(13-15)30-4;1-13(2)5-4-9-11(18-3)8(7-15)6-10(14(16)17)12(9)19-13/h8-11,13-14H,12H2,1-5H3;4-7H,1-3H3. The number of carbonyl (C=O) groups excluding carboxylic acids is 2. The van der Waals surface area contributed by atoms with Gasteiger partial charge in [0, 0.05) is 18.2 Å². The summed E-state index contributed by atoms with van der Waals surface area (Å²) < 4.78 is 37.9. The molecule has 0 fully saturated rings. The molecule has 0 saturated heterocycles. The van der Waals surface area contributed by atoms with Crippen LogP contribution < -0.4 is 33.2 Å². The van der Waals surface area contributed by atoms with Gasteiger partial charge in [-0.05, 0) is 70.1 Å². The first-order chi connectivity index (χ1) is 24.6. The van der Waals surface area contributed by atoms with Crippen molar-refractivity contribution < 1.29 is 52.6 Å². The number of nitro groups is 2. The lowest BCUT2D eigenvalue weighted by Gasteiger charge is -2.28. The largest absolute Gasteiger partial charge is 0.495 e. The molecule has 0 aromatic heterocycles. The van der Waals surface area contributed by atoms with Crippen molar-refractivity contribution in [2.75, 3.05) is 35.0 Å². The third kappa shape index (κ3) is 8.24. The van der Waals surface area contributed by atoms with Gasteiger partial charge in [-0.15, -0.1) is 0 Å². The van der Waals surface area contributed by atoms with Gasteiger partial charge >= 0.3 is 11.4 Å². The van der Waals surface area contributed by atoms with E-state index in [2.05, 4.69) is 11.8 Å². The maximum atomic E-state index is 12.8. The summed E-state index contributed by atoms with van der Waals surface area (Å²) in [5.74, 6) is 6.54. The fourth-order valence-electron chi connectivity index (χ4n) is 5.19. The van der Waals surface area contributed by atoms with E-state index in [4.69, 9.17) is 33.2 Å². The van der Waals surface area contributed by atoms with Gasteiger partial charge in [0.25, 0.3) is 0 Å². The van der Waals surface area contributed by atoms with E-state index in [9.17, 15) is 29.8 Å². The Morgan fingerprint density at radius 2 is 1.33 bits per heavy atom. The van der Waals surface area contributed by atoms with Gasteiger partial charge in [-0.2, -0.15) is 0 Å². The molecule has 0 unspecified atom stereocenters. The molecule has 0 saturated carbocycles. The van der Waals surface area contributed by atoms with Crippen molar-refractivity contribution in [1.29, 1.82) is 0 Å². The monoisotopic (exact) mass is 716 g/mol. The van der Waals surface area contributed by atoms with E-state index in [0.717, 1.165) is 6.07 Å². The Balaban J connectivity index is 0.000000269. The molecule has 0 spiro atoms. The van der Waals surface area contributed by atoms with Crippen LogP contribution in [0, 0.1) is 32.1 Å². The van der Waals surface area contributed by atoms with E-state index in [1.165, 1.54) is 34.5 Å². The molecule has 2 aliphatic heterocycles. The minimum Gasteiger partial charge on any atom is -0.495 e. The number of hydrogen-bond acceptors (Lipinski definition) is 13. The molecule has 3 aromatic carbocycles. The Kier molecular flexibility index (Phi) is 11.4. The van der Waals surface area contributed by atoms with Crippen molar-refractivity contribution in [2.24, 2.45) is 0 Å². The Morgan fingerprint density at radius 3 is 1.83 bits per heavy atom. The number of nitro benzene ring substituents is 2. The first-order valence-corrected chi connectivity index (χ1v) is 15.5. The second-order valence-electron chi connectivity index (χ2n) is 12.1. The molecule has 15 heteroatoms. The predicted octanol–water partition coefficient (Wildman–Crippen LogP) is 6.67. The van der Waals surface area contributed by atoms with Gasteiger partial charge in [0.1, 0.15) is 35.1 Å². The van der Waals surface area contributed by atoms with Crippen LogP contribution in [0.4, 0.5) is 11.4 Å². The fourth-order valence-corrected chi connectivity index (χ4v) is 5.19. The van der Waals surface area contributed by atoms with Gasteiger partial charge in [-0.3, -0.25) is 29.8 Å². The molecule has 272 valence electrons. The highest BCUT2D eigenvalue weighted by Gasteiger charge is 2.35. The molecular formula is C37H36N2O13. The maximum absolute atomic E-state index is 12.8. The zero-order valence-electron chi connectivity index (χ0n) is 29.7. The van der Waals surface area contributed by atoms with Crippen molar-refractivity contribution in [3.63, 3.8) is 0 Å². The number of Topliss-reactive ketones (excluding diaryl/α,β-unsaturated/α-hetero) is 1. The average molecular weight is 717 g/mol. The highest BCUT2D eigenvalue weighted by molar-refractivity contribution is 6.12. The number of nitrogens with zero attached hydrogens (tertiary/aromatic N) is 2. The molecule has 2 aliphatic rings. The number of methoxy groups -OCH3 is 4. The van der Waals surface area contributed by atoms with Gasteiger partial charge in [0.15, 0.2) is 17.8 Å². The summed E-state index contributed by atoms with van der Waals surface area (Å²) in [7, 11) is 5.81. The van der Waals surface area contributed by atoms with Crippen molar-refractivity contribution in [3.8, 4) is 52.1 Å². The highest BCUT2D eigenvalue weighted by Crippen LogP contribution is 2.46. The lowest BCUT2D eigenvalue weighted by molar-refractivity contribution is -0.386. The Bertz CT molecular complexity index is 2050. The third-order valence-corrected chi connectivity index (χ3v) is 7.60. The molecule has 2 heterocycles. The molecule has 0 radical (unpaired) electrons. The van der Waals surface area contributed by atoms with Crippen LogP contribution in [0.15, 0.2) is 42.5 Å². The van der Waals surface area contributed by atoms with E-state index in [1.807, 2.05) is 0 Å². The maximum Gasteiger partial charge on any atom is 0.312 e. The molecule has 3 aromatic rings. The average Bonchev–Trinajstić information content (AvgIpc) is 3.10. The number of aldehydes is 1. The van der Waals surface area contributed by atoms with Crippen LogP contribution in [0.3, 0.4) is 0 Å². The van der Waals surface area contributed by atoms with Gasteiger partial charge in [0.2, 0.25) is 17.3 Å². The lowest BCUT2D eigenvalue weighted by atomic mass is 9.97. The van der Waals surface area contributed by atoms with Crippen LogP contribution >= 0.6 is 0 Å². The SMILES string of the molecule is COc1c(C=O)cc([N+](=O)[O-])c2c1C=CC(C)(C)O2.COc1ccc(OCC#CC(=O)c2cc([N+](=O)[O-])c3c(c2OC)C=CC(C)(C)O3)cc1OC. The predicted molar refractivity (Wildman–Crippen MR) is 189 cm³/mol. The van der Waals surface area contributed by atoms with Crippen molar-refractivity contribution in [1.82, 2.24) is 0 Å². The summed E-state index contributed by atoms with van der Waals surface area (Å²) in [6, 6.07) is 7.28. The number of carbonyl (C=O) groups is 2. The zero-order valence-corrected chi connectivity index (χ0v) is 29.7. The van der Waals surface area contributed by atoms with Gasteiger partial charge in [0.05, 0.1) is 60.5 Å². The van der Waals surface area contributed by atoms with Crippen LogP contribution in [0.1, 0.15) is 59.5 Å². The molecule has 0 aliphatic carbocycles. The second-order valence-corrected chi connectivity index (χ2v) is 12.1. The van der Waals surface area contributed by atoms with Crippen molar-refractivity contribution in [3.05, 3.63) is 85.0 Å². The number of benzene rings is 3. The lowest BCUT2D eigenvalue weighted by Crippen LogP contribution is -2.28. The number of rotatable bonds is 10. The molecule has 52 heavy (non-hydrogen) atoms. The molecule has 0 amide bonds. The second kappa shape index (κ2) is 15.5. The topological polar surface area (TPSA) is 185 Å². The first kappa shape index (κ1) is 38.2. The molecule has 15 nitrogen and oxygen atoms in total. The Labute approximate surface area is 299 Å². The van der Waals surface area contributed by atoms with Crippen LogP contribution in [0.2, 0.25) is 0 Å². The summed E-state index contributed by atoms with van der Waals surface area (Å²) in [4.78, 5) is 45.4. The van der Waals surface area contributed by atoms with E-state index in [-0.39, 0.29) is 52.1 Å². The molecule has 0 bridgehead atoms. The van der Waals surface area contributed by atoms with Crippen molar-refractivity contribution in [2.45, 2.75) is 38.9 Å². The number of hydrogen-bond donors (Lipinski definition) is 0. The Morgan fingerprint density at radius 1 is 0.788 bits per heavy atom. The summed E-state index contributed by atoms with van der Waals surface area (Å²) in [5.41, 5.74) is -1.14. The molecule has 0 N–H and O–H groups in total. The van der Waals surface area contributed by atoms with Crippen LogP contribution in [-0.2, 0) is 0 Å². The molecular weight excluding hydrogens is 680 g/mol. The fraction of sp³-hybridized carbons (Fsp3) is 0.297. The van der Waals surface area contributed by atoms with Crippen LogP contribution in [-0.4, -0.2) is 68.2 Å². The van der Waals surface area contributed by atoms with Crippen molar-refractivity contribution >= 4 is 35.6 Å².